The van der Waals surface area contributed by atoms with E-state index in [1.54, 1.807) is 18.2 Å². The molecule has 0 unspecified atom stereocenters. The zero-order chi connectivity index (χ0) is 9.42. The molecule has 4 heteroatoms. The van der Waals surface area contributed by atoms with Gasteiger partial charge in [-0.1, -0.05) is 24.3 Å². The summed E-state index contributed by atoms with van der Waals surface area (Å²) in [5.74, 6) is -1.30. The third-order valence-corrected chi connectivity index (χ3v) is 1.94. The Morgan fingerprint density at radius 2 is 1.57 bits per heavy atom. The minimum absolute atomic E-state index is 0. The molecule has 14 heavy (non-hydrogen) atoms. The van der Waals surface area contributed by atoms with E-state index in [-0.39, 0.29) is 62.7 Å². The second kappa shape index (κ2) is 4.50. The molecule has 0 atom stereocenters. The molecule has 0 saturated carbocycles. The average molecular weight is 214 g/mol. The van der Waals surface area contributed by atoms with Crippen molar-refractivity contribution in [2.45, 2.75) is 0 Å². The fourth-order valence-corrected chi connectivity index (χ4v) is 1.30. The van der Waals surface area contributed by atoms with E-state index in [2.05, 4.69) is 0 Å². The SMILES string of the molecule is O=C1C=C(O)C(=O)c2ccccc21.[KH]. The van der Waals surface area contributed by atoms with Crippen LogP contribution < -0.4 is 0 Å². The Morgan fingerprint density at radius 3 is 2.21 bits per heavy atom. The first-order chi connectivity index (χ1) is 6.20. The van der Waals surface area contributed by atoms with Crippen LogP contribution in [0, 0.1) is 0 Å². The number of carbonyl (C=O) groups excluding carboxylic acids is 2. The Kier molecular flexibility index (Phi) is 3.80. The van der Waals surface area contributed by atoms with E-state index >= 15 is 0 Å². The van der Waals surface area contributed by atoms with Crippen molar-refractivity contribution in [1.82, 2.24) is 0 Å². The Bertz CT molecular complexity index is 435. The summed E-state index contributed by atoms with van der Waals surface area (Å²) >= 11 is 0. The molecule has 1 aromatic rings. The van der Waals surface area contributed by atoms with Crippen molar-refractivity contribution < 1.29 is 14.7 Å². The molecule has 0 heterocycles. The number of aliphatic hydroxyl groups excluding tert-OH is 1. The molecule has 0 bridgehead atoms. The third kappa shape index (κ3) is 1.89. The van der Waals surface area contributed by atoms with E-state index in [1.165, 1.54) is 6.07 Å². The number of aliphatic hydroxyl groups is 1. The Labute approximate surface area is 123 Å². The van der Waals surface area contributed by atoms with Gasteiger partial charge in [-0.3, -0.25) is 9.59 Å². The number of allylic oxidation sites excluding steroid dienone is 2. The van der Waals surface area contributed by atoms with Gasteiger partial charge in [0.2, 0.25) is 5.78 Å². The molecule has 1 aromatic carbocycles. The molecule has 3 nitrogen and oxygen atoms in total. The van der Waals surface area contributed by atoms with Crippen LogP contribution in [-0.2, 0) is 0 Å². The van der Waals surface area contributed by atoms with Crippen LogP contribution in [0.5, 0.6) is 0 Å². The first kappa shape index (κ1) is 11.8. The van der Waals surface area contributed by atoms with Gasteiger partial charge in [-0.15, -0.1) is 0 Å². The van der Waals surface area contributed by atoms with E-state index in [1.807, 2.05) is 0 Å². The van der Waals surface area contributed by atoms with Gasteiger partial charge < -0.3 is 5.11 Å². The van der Waals surface area contributed by atoms with Gasteiger partial charge in [-0.05, 0) is 0 Å². The summed E-state index contributed by atoms with van der Waals surface area (Å²) in [5.41, 5.74) is 0.623. The number of rotatable bonds is 0. The van der Waals surface area contributed by atoms with Crippen molar-refractivity contribution in [3.8, 4) is 0 Å². The Hall–Kier alpha value is -0.264. The minimum atomic E-state index is -0.491. The predicted octanol–water partition coefficient (Wildman–Crippen LogP) is 0.859. The monoisotopic (exact) mass is 214 g/mol. The molecule has 2 rings (SSSR count). The van der Waals surface area contributed by atoms with Crippen molar-refractivity contribution in [3.63, 3.8) is 0 Å². The third-order valence-electron chi connectivity index (χ3n) is 1.94. The van der Waals surface area contributed by atoms with E-state index in [9.17, 15) is 9.59 Å². The second-order valence-corrected chi connectivity index (χ2v) is 2.77. The molecule has 0 radical (unpaired) electrons. The van der Waals surface area contributed by atoms with Crippen molar-refractivity contribution in [2.75, 3.05) is 0 Å². The average Bonchev–Trinajstić information content (AvgIpc) is 2.15. The second-order valence-electron chi connectivity index (χ2n) is 2.77. The molecule has 0 aromatic heterocycles. The van der Waals surface area contributed by atoms with E-state index in [4.69, 9.17) is 5.11 Å². The number of benzene rings is 1. The summed E-state index contributed by atoms with van der Waals surface area (Å²) in [6.45, 7) is 0. The van der Waals surface area contributed by atoms with Crippen molar-refractivity contribution in [1.29, 1.82) is 0 Å². The van der Waals surface area contributed by atoms with Gasteiger partial charge in [0.1, 0.15) is 0 Å². The van der Waals surface area contributed by atoms with Crippen molar-refractivity contribution in [2.24, 2.45) is 0 Å². The summed E-state index contributed by atoms with van der Waals surface area (Å²) in [4.78, 5) is 22.5. The van der Waals surface area contributed by atoms with E-state index in [0.717, 1.165) is 6.08 Å². The molecule has 1 N–H and O–H groups in total. The maximum absolute atomic E-state index is 11.3. The normalized spacial score (nSPS) is 14.1. The van der Waals surface area contributed by atoms with Gasteiger partial charge in [-0.25, -0.2) is 0 Å². The van der Waals surface area contributed by atoms with Crippen molar-refractivity contribution >= 4 is 63.0 Å². The molecular formula is C10H7KO3. The van der Waals surface area contributed by atoms with Crippen LogP contribution in [0.1, 0.15) is 20.7 Å². The standard InChI is InChI=1S/C10H6O3.K.H/c11-8-5-9(12)10(13)7-4-2-1-3-6(7)8;;/h1-5,12H;;. The summed E-state index contributed by atoms with van der Waals surface area (Å²) in [7, 11) is 0. The quantitative estimate of drug-likeness (QED) is 0.652. The van der Waals surface area contributed by atoms with Crippen LogP contribution >= 0.6 is 0 Å². The van der Waals surface area contributed by atoms with Crippen molar-refractivity contribution in [3.05, 3.63) is 47.2 Å². The fourth-order valence-electron chi connectivity index (χ4n) is 1.30. The molecule has 0 spiro atoms. The molecule has 1 aliphatic carbocycles. The fraction of sp³-hybridized carbons (Fsp3) is 0. The molecule has 0 fully saturated rings. The molecule has 0 amide bonds. The molecule has 0 saturated heterocycles. The zero-order valence-corrected chi connectivity index (χ0v) is 6.65. The van der Waals surface area contributed by atoms with Crippen LogP contribution in [0.2, 0.25) is 0 Å². The number of ketones is 2. The van der Waals surface area contributed by atoms with Gasteiger partial charge in [-0.2, -0.15) is 0 Å². The number of fused-ring (bicyclic) bond motifs is 1. The first-order valence-electron chi connectivity index (χ1n) is 3.79. The summed E-state index contributed by atoms with van der Waals surface area (Å²) < 4.78 is 0. The van der Waals surface area contributed by atoms with Gasteiger partial charge in [0.25, 0.3) is 0 Å². The van der Waals surface area contributed by atoms with Crippen LogP contribution in [-0.4, -0.2) is 68.1 Å². The zero-order valence-electron chi connectivity index (χ0n) is 6.65. The van der Waals surface area contributed by atoms with Gasteiger partial charge in [0, 0.05) is 17.2 Å². The Morgan fingerprint density at radius 1 is 1.00 bits per heavy atom. The van der Waals surface area contributed by atoms with Crippen LogP contribution in [0.3, 0.4) is 0 Å². The molecular weight excluding hydrogens is 207 g/mol. The van der Waals surface area contributed by atoms with Crippen LogP contribution in [0.15, 0.2) is 36.1 Å². The van der Waals surface area contributed by atoms with Crippen LogP contribution in [0.4, 0.5) is 0 Å². The predicted molar refractivity (Wildman–Crippen MR) is 53.0 cm³/mol. The van der Waals surface area contributed by atoms with Gasteiger partial charge in [0.15, 0.2) is 11.5 Å². The van der Waals surface area contributed by atoms with E-state index < -0.39 is 11.5 Å². The maximum atomic E-state index is 11.3. The molecule has 0 aliphatic heterocycles. The van der Waals surface area contributed by atoms with Gasteiger partial charge >= 0.3 is 51.4 Å². The molecule has 1 aliphatic rings. The van der Waals surface area contributed by atoms with Gasteiger partial charge in [0.05, 0.1) is 0 Å². The number of Topliss-reactive ketones (excluding diaryl/α,β-unsaturated/α-hetero) is 1. The summed E-state index contributed by atoms with van der Waals surface area (Å²) in [6.07, 6.45) is 0.949. The number of hydrogen-bond acceptors (Lipinski definition) is 3. The Balaban J connectivity index is 0.000000980. The summed E-state index contributed by atoms with van der Waals surface area (Å²) in [5, 5.41) is 9.09. The topological polar surface area (TPSA) is 54.4 Å². The first-order valence-corrected chi connectivity index (χ1v) is 3.79. The number of carbonyl (C=O) groups is 2. The van der Waals surface area contributed by atoms with Crippen LogP contribution in [0.25, 0.3) is 0 Å². The van der Waals surface area contributed by atoms with E-state index in [0.29, 0.717) is 5.56 Å². The number of hydrogen-bond donors (Lipinski definition) is 1. The summed E-state index contributed by atoms with van der Waals surface area (Å²) in [6, 6.07) is 6.43. The molecule has 66 valence electrons.